The molecule has 2 N–H and O–H groups in total. The average molecular weight is 170 g/mol. The lowest BCUT2D eigenvalue weighted by atomic mass is 10.1. The van der Waals surface area contributed by atoms with Gasteiger partial charge in [0.1, 0.15) is 0 Å². The van der Waals surface area contributed by atoms with Crippen molar-refractivity contribution in [2.75, 3.05) is 5.73 Å². The highest BCUT2D eigenvalue weighted by Crippen LogP contribution is 2.21. The molecule has 1 heterocycles. The molecule has 0 aromatic carbocycles. The Morgan fingerprint density at radius 1 is 1.55 bits per heavy atom. The molecule has 0 bridgehead atoms. The van der Waals surface area contributed by atoms with E-state index >= 15 is 0 Å². The van der Waals surface area contributed by atoms with Crippen molar-refractivity contribution >= 4 is 16.5 Å². The van der Waals surface area contributed by atoms with E-state index in [0.29, 0.717) is 11.0 Å². The Morgan fingerprint density at radius 3 is 2.55 bits per heavy atom. The van der Waals surface area contributed by atoms with E-state index in [-0.39, 0.29) is 0 Å². The Hall–Kier alpha value is -0.570. The topological polar surface area (TPSA) is 38.9 Å². The standard InChI is InChI=1S/C8H14N2S/c1-5(2)4-7-6(3)11-8(9)10-7/h5H,4H2,1-3H3,(H2,9,10). The number of rotatable bonds is 2. The number of anilines is 1. The lowest BCUT2D eigenvalue weighted by Crippen LogP contribution is -1.96. The first-order valence-electron chi connectivity index (χ1n) is 3.81. The molecule has 0 fully saturated rings. The minimum atomic E-state index is 0.662. The number of thiazole rings is 1. The minimum Gasteiger partial charge on any atom is -0.375 e. The van der Waals surface area contributed by atoms with Gasteiger partial charge < -0.3 is 5.73 Å². The molecule has 0 aliphatic heterocycles. The van der Waals surface area contributed by atoms with Crippen LogP contribution in [0.1, 0.15) is 24.4 Å². The zero-order valence-corrected chi connectivity index (χ0v) is 8.03. The van der Waals surface area contributed by atoms with Crippen molar-refractivity contribution in [2.24, 2.45) is 5.92 Å². The van der Waals surface area contributed by atoms with E-state index in [1.165, 1.54) is 10.6 Å². The average Bonchev–Trinajstić information content (AvgIpc) is 2.09. The Balaban J connectivity index is 2.77. The summed E-state index contributed by atoms with van der Waals surface area (Å²) in [6, 6.07) is 0. The second-order valence-electron chi connectivity index (χ2n) is 3.15. The molecule has 0 spiro atoms. The SMILES string of the molecule is Cc1sc(N)nc1CC(C)C. The van der Waals surface area contributed by atoms with E-state index in [0.717, 1.165) is 6.42 Å². The zero-order chi connectivity index (χ0) is 8.43. The molecule has 1 aromatic rings. The van der Waals surface area contributed by atoms with E-state index in [9.17, 15) is 0 Å². The van der Waals surface area contributed by atoms with Crippen molar-refractivity contribution in [2.45, 2.75) is 27.2 Å². The third-order valence-electron chi connectivity index (χ3n) is 1.51. The molecule has 0 saturated carbocycles. The number of aryl methyl sites for hydroxylation is 1. The van der Waals surface area contributed by atoms with Gasteiger partial charge in [-0.15, -0.1) is 11.3 Å². The highest BCUT2D eigenvalue weighted by atomic mass is 32.1. The van der Waals surface area contributed by atoms with Gasteiger partial charge in [-0.05, 0) is 19.3 Å². The summed E-state index contributed by atoms with van der Waals surface area (Å²) in [5, 5.41) is 0.693. The molecule has 0 atom stereocenters. The van der Waals surface area contributed by atoms with Gasteiger partial charge in [0.15, 0.2) is 5.13 Å². The van der Waals surface area contributed by atoms with Crippen LogP contribution < -0.4 is 5.73 Å². The summed E-state index contributed by atoms with van der Waals surface area (Å²) >= 11 is 1.58. The number of hydrogen-bond acceptors (Lipinski definition) is 3. The van der Waals surface area contributed by atoms with Crippen LogP contribution in [0.2, 0.25) is 0 Å². The van der Waals surface area contributed by atoms with E-state index < -0.39 is 0 Å². The summed E-state index contributed by atoms with van der Waals surface area (Å²) in [5.41, 5.74) is 6.73. The van der Waals surface area contributed by atoms with E-state index in [1.54, 1.807) is 11.3 Å². The predicted molar refractivity (Wildman–Crippen MR) is 49.8 cm³/mol. The molecule has 11 heavy (non-hydrogen) atoms. The molecule has 0 saturated heterocycles. The minimum absolute atomic E-state index is 0.662. The van der Waals surface area contributed by atoms with Crippen molar-refractivity contribution < 1.29 is 0 Å². The maximum Gasteiger partial charge on any atom is 0.180 e. The normalized spacial score (nSPS) is 10.9. The summed E-state index contributed by atoms with van der Waals surface area (Å²) in [7, 11) is 0. The quantitative estimate of drug-likeness (QED) is 0.739. The van der Waals surface area contributed by atoms with Gasteiger partial charge in [-0.25, -0.2) is 4.98 Å². The molecule has 62 valence electrons. The van der Waals surface area contributed by atoms with Gasteiger partial charge in [0, 0.05) is 4.88 Å². The number of aromatic nitrogens is 1. The Kier molecular flexibility index (Phi) is 2.49. The molecule has 1 aromatic heterocycles. The van der Waals surface area contributed by atoms with Crippen LogP contribution in [0.15, 0.2) is 0 Å². The zero-order valence-electron chi connectivity index (χ0n) is 7.22. The van der Waals surface area contributed by atoms with Crippen LogP contribution in [0.4, 0.5) is 5.13 Å². The third-order valence-corrected chi connectivity index (χ3v) is 2.35. The van der Waals surface area contributed by atoms with Crippen molar-refractivity contribution in [3.8, 4) is 0 Å². The summed E-state index contributed by atoms with van der Waals surface area (Å²) in [6.07, 6.45) is 1.04. The second kappa shape index (κ2) is 3.22. The fourth-order valence-corrected chi connectivity index (χ4v) is 1.74. The highest BCUT2D eigenvalue weighted by molar-refractivity contribution is 7.15. The molecule has 0 unspecified atom stereocenters. The fourth-order valence-electron chi connectivity index (χ4n) is 1.03. The molecule has 0 radical (unpaired) electrons. The summed E-state index contributed by atoms with van der Waals surface area (Å²) in [4.78, 5) is 5.51. The first-order valence-corrected chi connectivity index (χ1v) is 4.63. The number of nitrogen functional groups attached to an aromatic ring is 1. The Bertz CT molecular complexity index is 240. The highest BCUT2D eigenvalue weighted by Gasteiger charge is 2.06. The van der Waals surface area contributed by atoms with Gasteiger partial charge >= 0.3 is 0 Å². The maximum absolute atomic E-state index is 5.56. The van der Waals surface area contributed by atoms with Gasteiger partial charge in [-0.2, -0.15) is 0 Å². The Labute approximate surface area is 71.5 Å². The summed E-state index contributed by atoms with van der Waals surface area (Å²) < 4.78 is 0. The molecular formula is C8H14N2S. The van der Waals surface area contributed by atoms with Crippen LogP contribution in [0.5, 0.6) is 0 Å². The van der Waals surface area contributed by atoms with Gasteiger partial charge in [-0.1, -0.05) is 13.8 Å². The first-order chi connectivity index (χ1) is 5.09. The number of nitrogens with two attached hydrogens (primary N) is 1. The number of hydrogen-bond donors (Lipinski definition) is 1. The summed E-state index contributed by atoms with van der Waals surface area (Å²) in [6.45, 7) is 6.45. The van der Waals surface area contributed by atoms with E-state index in [2.05, 4.69) is 25.8 Å². The van der Waals surface area contributed by atoms with Crippen LogP contribution in [0.25, 0.3) is 0 Å². The van der Waals surface area contributed by atoms with Crippen LogP contribution in [0.3, 0.4) is 0 Å². The van der Waals surface area contributed by atoms with E-state index in [4.69, 9.17) is 5.73 Å². The van der Waals surface area contributed by atoms with Crippen LogP contribution in [-0.4, -0.2) is 4.98 Å². The molecule has 3 heteroatoms. The maximum atomic E-state index is 5.56. The predicted octanol–water partition coefficient (Wildman–Crippen LogP) is 2.23. The Morgan fingerprint density at radius 2 is 2.18 bits per heavy atom. The van der Waals surface area contributed by atoms with Crippen LogP contribution in [-0.2, 0) is 6.42 Å². The van der Waals surface area contributed by atoms with E-state index in [1.807, 2.05) is 0 Å². The molecule has 0 aliphatic carbocycles. The fraction of sp³-hybridized carbons (Fsp3) is 0.625. The molecule has 2 nitrogen and oxygen atoms in total. The molecule has 1 rings (SSSR count). The van der Waals surface area contributed by atoms with Gasteiger partial charge in [-0.3, -0.25) is 0 Å². The smallest absolute Gasteiger partial charge is 0.180 e. The van der Waals surface area contributed by atoms with Crippen LogP contribution in [0, 0.1) is 12.8 Å². The monoisotopic (exact) mass is 170 g/mol. The largest absolute Gasteiger partial charge is 0.375 e. The first kappa shape index (κ1) is 8.53. The summed E-state index contributed by atoms with van der Waals surface area (Å²) in [5.74, 6) is 0.662. The second-order valence-corrected chi connectivity index (χ2v) is 4.39. The lowest BCUT2D eigenvalue weighted by Gasteiger charge is -2.00. The van der Waals surface area contributed by atoms with Gasteiger partial charge in [0.05, 0.1) is 5.69 Å². The number of nitrogens with zero attached hydrogens (tertiary/aromatic N) is 1. The molecule has 0 amide bonds. The molecular weight excluding hydrogens is 156 g/mol. The molecule has 0 aliphatic rings. The van der Waals surface area contributed by atoms with Crippen LogP contribution >= 0.6 is 11.3 Å². The van der Waals surface area contributed by atoms with Gasteiger partial charge in [0.2, 0.25) is 0 Å². The third kappa shape index (κ3) is 2.19. The van der Waals surface area contributed by atoms with Crippen molar-refractivity contribution in [3.63, 3.8) is 0 Å². The van der Waals surface area contributed by atoms with Crippen molar-refractivity contribution in [1.29, 1.82) is 0 Å². The van der Waals surface area contributed by atoms with Crippen molar-refractivity contribution in [3.05, 3.63) is 10.6 Å². The van der Waals surface area contributed by atoms with Crippen molar-refractivity contribution in [1.82, 2.24) is 4.98 Å². The lowest BCUT2D eigenvalue weighted by molar-refractivity contribution is 0.636. The van der Waals surface area contributed by atoms with Gasteiger partial charge in [0.25, 0.3) is 0 Å².